The van der Waals surface area contributed by atoms with Gasteiger partial charge in [0.15, 0.2) is 0 Å². The average Bonchev–Trinajstić information content (AvgIpc) is 2.89. The van der Waals surface area contributed by atoms with Crippen LogP contribution < -0.4 is 10.6 Å². The number of carbonyl (C=O) groups is 1. The molecule has 2 heterocycles. The van der Waals surface area contributed by atoms with Gasteiger partial charge in [0.05, 0.1) is 6.20 Å². The lowest BCUT2D eigenvalue weighted by Crippen LogP contribution is -2.48. The second-order valence-corrected chi connectivity index (χ2v) is 5.36. The molecule has 20 heavy (non-hydrogen) atoms. The molecule has 0 unspecified atom stereocenters. The molecule has 0 bridgehead atoms. The van der Waals surface area contributed by atoms with Crippen LogP contribution in [0.15, 0.2) is 12.4 Å². The first kappa shape index (κ1) is 14.8. The second kappa shape index (κ2) is 7.28. The number of aryl methyl sites for hydroxylation is 1. The summed E-state index contributed by atoms with van der Waals surface area (Å²) in [7, 11) is 1.87. The molecule has 1 aliphatic rings. The van der Waals surface area contributed by atoms with Gasteiger partial charge in [-0.2, -0.15) is 5.10 Å². The topological polar surface area (TPSA) is 62.2 Å². The number of amides is 2. The van der Waals surface area contributed by atoms with Crippen molar-refractivity contribution in [2.24, 2.45) is 7.05 Å². The van der Waals surface area contributed by atoms with E-state index in [-0.39, 0.29) is 6.03 Å². The summed E-state index contributed by atoms with van der Waals surface area (Å²) in [5.74, 6) is 0. The maximum absolute atomic E-state index is 11.8. The van der Waals surface area contributed by atoms with Gasteiger partial charge in [-0.3, -0.25) is 9.58 Å². The Labute approximate surface area is 120 Å². The summed E-state index contributed by atoms with van der Waals surface area (Å²) in [6.07, 6.45) is 7.38. The molecular formula is C14H25N5O. The summed E-state index contributed by atoms with van der Waals surface area (Å²) in [6.45, 7) is 5.64. The van der Waals surface area contributed by atoms with Crippen LogP contribution in [0.25, 0.3) is 0 Å². The molecule has 1 saturated heterocycles. The fourth-order valence-electron chi connectivity index (χ4n) is 2.73. The number of aromatic nitrogens is 2. The standard InChI is InChI=1S/C14H25N5O/c1-3-19-7-5-4-6-13(19)10-16-14(20)15-8-12-9-17-18(2)11-12/h9,11,13H,3-8,10H2,1-2H3,(H2,15,16,20)/t13-/m1/s1. The average molecular weight is 279 g/mol. The molecule has 6 heteroatoms. The molecule has 6 nitrogen and oxygen atoms in total. The van der Waals surface area contributed by atoms with Gasteiger partial charge < -0.3 is 10.6 Å². The van der Waals surface area contributed by atoms with Crippen molar-refractivity contribution >= 4 is 6.03 Å². The first-order valence-electron chi connectivity index (χ1n) is 7.42. The lowest BCUT2D eigenvalue weighted by molar-refractivity contribution is 0.153. The van der Waals surface area contributed by atoms with Crippen molar-refractivity contribution in [1.29, 1.82) is 0 Å². The highest BCUT2D eigenvalue weighted by atomic mass is 16.2. The van der Waals surface area contributed by atoms with Crippen molar-refractivity contribution in [1.82, 2.24) is 25.3 Å². The molecule has 0 saturated carbocycles. The fourth-order valence-corrected chi connectivity index (χ4v) is 2.73. The molecule has 1 fully saturated rings. The van der Waals surface area contributed by atoms with Crippen LogP contribution in [0.1, 0.15) is 31.7 Å². The molecule has 112 valence electrons. The van der Waals surface area contributed by atoms with E-state index >= 15 is 0 Å². The number of likely N-dealkylation sites (N-methyl/N-ethyl adjacent to an activating group) is 1. The summed E-state index contributed by atoms with van der Waals surface area (Å²) in [6, 6.07) is 0.383. The van der Waals surface area contributed by atoms with E-state index in [4.69, 9.17) is 0 Å². The third-order valence-corrected chi connectivity index (χ3v) is 3.86. The largest absolute Gasteiger partial charge is 0.337 e. The van der Waals surface area contributed by atoms with Gasteiger partial charge >= 0.3 is 6.03 Å². The van der Waals surface area contributed by atoms with E-state index in [1.54, 1.807) is 10.9 Å². The second-order valence-electron chi connectivity index (χ2n) is 5.36. The van der Waals surface area contributed by atoms with Gasteiger partial charge in [0.25, 0.3) is 0 Å². The molecule has 0 radical (unpaired) electrons. The summed E-state index contributed by atoms with van der Waals surface area (Å²) < 4.78 is 1.73. The van der Waals surface area contributed by atoms with Crippen molar-refractivity contribution < 1.29 is 4.79 Å². The summed E-state index contributed by atoms with van der Waals surface area (Å²) in [4.78, 5) is 14.2. The lowest BCUT2D eigenvalue weighted by atomic mass is 10.0. The monoisotopic (exact) mass is 279 g/mol. The minimum absolute atomic E-state index is 0.101. The van der Waals surface area contributed by atoms with Crippen LogP contribution in [0.5, 0.6) is 0 Å². The Morgan fingerprint density at radius 3 is 3.00 bits per heavy atom. The van der Waals surface area contributed by atoms with E-state index in [0.29, 0.717) is 12.6 Å². The zero-order valence-electron chi connectivity index (χ0n) is 12.4. The number of nitrogens with one attached hydrogen (secondary N) is 2. The molecule has 1 atom stereocenters. The van der Waals surface area contributed by atoms with Gasteiger partial charge in [-0.1, -0.05) is 13.3 Å². The maximum Gasteiger partial charge on any atom is 0.315 e. The fraction of sp³-hybridized carbons (Fsp3) is 0.714. The molecule has 0 aliphatic carbocycles. The zero-order valence-corrected chi connectivity index (χ0v) is 12.4. The first-order valence-corrected chi connectivity index (χ1v) is 7.42. The Bertz CT molecular complexity index is 431. The number of piperidine rings is 1. The minimum Gasteiger partial charge on any atom is -0.337 e. The smallest absolute Gasteiger partial charge is 0.315 e. The normalized spacial score (nSPS) is 19.8. The Morgan fingerprint density at radius 1 is 1.45 bits per heavy atom. The van der Waals surface area contributed by atoms with Gasteiger partial charge in [0, 0.05) is 37.9 Å². The molecule has 2 amide bonds. The van der Waals surface area contributed by atoms with Crippen LogP contribution in [-0.4, -0.2) is 46.4 Å². The van der Waals surface area contributed by atoms with E-state index in [1.807, 2.05) is 13.2 Å². The van der Waals surface area contributed by atoms with Gasteiger partial charge in [-0.15, -0.1) is 0 Å². The number of rotatable bonds is 5. The van der Waals surface area contributed by atoms with Crippen molar-refractivity contribution in [3.63, 3.8) is 0 Å². The summed E-state index contributed by atoms with van der Waals surface area (Å²) in [5.41, 5.74) is 1.01. The number of carbonyl (C=O) groups excluding carboxylic acids is 1. The van der Waals surface area contributed by atoms with Crippen LogP contribution in [0.4, 0.5) is 4.79 Å². The maximum atomic E-state index is 11.8. The number of hydrogen-bond donors (Lipinski definition) is 2. The van der Waals surface area contributed by atoms with Crippen LogP contribution in [0, 0.1) is 0 Å². The molecular weight excluding hydrogens is 254 g/mol. The number of urea groups is 1. The quantitative estimate of drug-likeness (QED) is 0.848. The molecule has 2 N–H and O–H groups in total. The highest BCUT2D eigenvalue weighted by molar-refractivity contribution is 5.73. The van der Waals surface area contributed by atoms with Crippen LogP contribution in [0.2, 0.25) is 0 Å². The van der Waals surface area contributed by atoms with Gasteiger partial charge in [-0.05, 0) is 25.9 Å². The third kappa shape index (κ3) is 4.23. The Kier molecular flexibility index (Phi) is 5.40. The number of likely N-dealkylation sites (tertiary alicyclic amines) is 1. The van der Waals surface area contributed by atoms with Crippen molar-refractivity contribution in [2.75, 3.05) is 19.6 Å². The minimum atomic E-state index is -0.101. The van der Waals surface area contributed by atoms with E-state index in [9.17, 15) is 4.79 Å². The van der Waals surface area contributed by atoms with Crippen molar-refractivity contribution in [2.45, 2.75) is 38.8 Å². The lowest BCUT2D eigenvalue weighted by Gasteiger charge is -2.34. The molecule has 1 aromatic heterocycles. The van der Waals surface area contributed by atoms with E-state index < -0.39 is 0 Å². The Morgan fingerprint density at radius 2 is 2.30 bits per heavy atom. The molecule has 2 rings (SSSR count). The van der Waals surface area contributed by atoms with E-state index in [2.05, 4.69) is 27.6 Å². The van der Waals surface area contributed by atoms with E-state index in [0.717, 1.165) is 25.2 Å². The highest BCUT2D eigenvalue weighted by Gasteiger charge is 2.21. The van der Waals surface area contributed by atoms with Crippen LogP contribution in [0.3, 0.4) is 0 Å². The first-order chi connectivity index (χ1) is 9.69. The Balaban J connectivity index is 1.69. The van der Waals surface area contributed by atoms with Crippen molar-refractivity contribution in [3.8, 4) is 0 Å². The van der Waals surface area contributed by atoms with Gasteiger partial charge in [0.1, 0.15) is 0 Å². The predicted molar refractivity (Wildman–Crippen MR) is 78.3 cm³/mol. The number of hydrogen-bond acceptors (Lipinski definition) is 3. The van der Waals surface area contributed by atoms with Crippen LogP contribution >= 0.6 is 0 Å². The molecule has 0 aromatic carbocycles. The zero-order chi connectivity index (χ0) is 14.4. The highest BCUT2D eigenvalue weighted by Crippen LogP contribution is 2.15. The van der Waals surface area contributed by atoms with Crippen LogP contribution in [-0.2, 0) is 13.6 Å². The van der Waals surface area contributed by atoms with Gasteiger partial charge in [0.2, 0.25) is 0 Å². The third-order valence-electron chi connectivity index (χ3n) is 3.86. The molecule has 0 spiro atoms. The molecule has 1 aliphatic heterocycles. The van der Waals surface area contributed by atoms with Gasteiger partial charge in [-0.25, -0.2) is 4.79 Å². The van der Waals surface area contributed by atoms with E-state index in [1.165, 1.54) is 19.3 Å². The number of nitrogens with zero attached hydrogens (tertiary/aromatic N) is 3. The summed E-state index contributed by atoms with van der Waals surface area (Å²) >= 11 is 0. The molecule has 1 aromatic rings. The predicted octanol–water partition coefficient (Wildman–Crippen LogP) is 1.09. The van der Waals surface area contributed by atoms with Crippen molar-refractivity contribution in [3.05, 3.63) is 18.0 Å². The Hall–Kier alpha value is -1.56. The summed E-state index contributed by atoms with van der Waals surface area (Å²) in [5, 5.41) is 9.91. The SMILES string of the molecule is CCN1CCCC[C@@H]1CNC(=O)NCc1cnn(C)c1.